The molecule has 0 saturated heterocycles. The van der Waals surface area contributed by atoms with E-state index in [0.717, 1.165) is 0 Å². The second-order valence-electron chi connectivity index (χ2n) is 0. The van der Waals surface area contributed by atoms with Gasteiger partial charge in [-0.3, -0.25) is 0 Å². The molecular formula is H24Mg2O10. The summed E-state index contributed by atoms with van der Waals surface area (Å²) in [4.78, 5) is 0. The fourth-order valence-corrected chi connectivity index (χ4v) is 0. The Balaban J connectivity index is 0. The van der Waals surface area contributed by atoms with Crippen molar-refractivity contribution in [1.29, 1.82) is 0 Å². The SMILES string of the molecule is O.O.O.O.O.O.O.O.O.O.[H-].[H-].[H-].[H-].[Mg+2].[Mg+2]. The van der Waals surface area contributed by atoms with Crippen molar-refractivity contribution in [3.63, 3.8) is 0 Å². The predicted octanol–water partition coefficient (Wildman–Crippen LogP) is -8.56. The van der Waals surface area contributed by atoms with Crippen molar-refractivity contribution in [2.45, 2.75) is 0 Å². The third-order valence-corrected chi connectivity index (χ3v) is 0. The molecule has 88 valence electrons. The largest absolute Gasteiger partial charge is 2.00 e. The normalized spacial score (nSPS) is 0. The third kappa shape index (κ3) is 891. The second kappa shape index (κ2) is 1170. The maximum atomic E-state index is 0. The molecule has 0 heterocycles. The van der Waals surface area contributed by atoms with E-state index in [0.29, 0.717) is 0 Å². The van der Waals surface area contributed by atoms with Crippen LogP contribution in [0.1, 0.15) is 5.71 Å². The molecular weight excluding hydrogens is 209 g/mol. The van der Waals surface area contributed by atoms with Crippen LogP contribution in [0.2, 0.25) is 0 Å². The van der Waals surface area contributed by atoms with Crippen molar-refractivity contribution in [1.82, 2.24) is 0 Å². The molecule has 0 rings (SSSR count). The third-order valence-electron chi connectivity index (χ3n) is 0. The summed E-state index contributed by atoms with van der Waals surface area (Å²) in [6.45, 7) is 0. The Hall–Kier alpha value is 1.13. The summed E-state index contributed by atoms with van der Waals surface area (Å²) in [7, 11) is 0. The number of hydrogen-bond acceptors (Lipinski definition) is 0. The van der Waals surface area contributed by atoms with Gasteiger partial charge >= 0.3 is 46.1 Å². The predicted molar refractivity (Wildman–Crippen MR) is 52.1 cm³/mol. The van der Waals surface area contributed by atoms with Crippen molar-refractivity contribution < 1.29 is 60.5 Å². The summed E-state index contributed by atoms with van der Waals surface area (Å²) >= 11 is 0. The summed E-state index contributed by atoms with van der Waals surface area (Å²) in [6, 6.07) is 0. The molecule has 0 spiro atoms. The van der Waals surface area contributed by atoms with Crippen molar-refractivity contribution in [3.8, 4) is 0 Å². The van der Waals surface area contributed by atoms with Crippen molar-refractivity contribution in [2.24, 2.45) is 0 Å². The average molecular weight is 233 g/mol. The molecule has 0 bridgehead atoms. The van der Waals surface area contributed by atoms with Gasteiger partial charge in [0.2, 0.25) is 0 Å². The van der Waals surface area contributed by atoms with E-state index in [2.05, 4.69) is 0 Å². The minimum absolute atomic E-state index is 0. The van der Waals surface area contributed by atoms with Gasteiger partial charge in [-0.1, -0.05) is 0 Å². The monoisotopic (exact) mass is 232 g/mol. The van der Waals surface area contributed by atoms with Crippen LogP contribution in [0, 0.1) is 0 Å². The van der Waals surface area contributed by atoms with Gasteiger partial charge in [0.25, 0.3) is 0 Å². The van der Waals surface area contributed by atoms with E-state index in [1.54, 1.807) is 0 Å². The van der Waals surface area contributed by atoms with Gasteiger partial charge in [0.05, 0.1) is 0 Å². The standard InChI is InChI=1S/2Mg.10H2O.4H/h;;10*1H2;;;;/q2*+2;;;;;;;;;;;4*-1. The Kier molecular flexibility index (Phi) is 147000. The van der Waals surface area contributed by atoms with E-state index in [4.69, 9.17) is 0 Å². The van der Waals surface area contributed by atoms with Crippen LogP contribution in [-0.4, -0.2) is 101 Å². The minimum atomic E-state index is 0. The van der Waals surface area contributed by atoms with Gasteiger partial charge in [-0.05, 0) is 0 Å². The fraction of sp³-hybridized carbons (Fsp3) is 0. The Labute approximate surface area is 107 Å². The first-order valence-corrected chi connectivity index (χ1v) is 0. The van der Waals surface area contributed by atoms with E-state index < -0.39 is 0 Å². The van der Waals surface area contributed by atoms with E-state index in [-0.39, 0.29) is 107 Å². The van der Waals surface area contributed by atoms with Crippen molar-refractivity contribution in [3.05, 3.63) is 0 Å². The summed E-state index contributed by atoms with van der Waals surface area (Å²) < 4.78 is 0. The summed E-state index contributed by atoms with van der Waals surface area (Å²) in [5.74, 6) is 0. The van der Waals surface area contributed by atoms with Crippen molar-refractivity contribution >= 4 is 46.1 Å². The Morgan fingerprint density at radius 2 is 0.250 bits per heavy atom. The van der Waals surface area contributed by atoms with Crippen LogP contribution in [0.3, 0.4) is 0 Å². The Morgan fingerprint density at radius 1 is 0.250 bits per heavy atom. The summed E-state index contributed by atoms with van der Waals surface area (Å²) in [6.07, 6.45) is 0. The quantitative estimate of drug-likeness (QED) is 0.351. The zero-order valence-electron chi connectivity index (χ0n) is 10.4. The van der Waals surface area contributed by atoms with Gasteiger partial charge in [0.1, 0.15) is 0 Å². The Bertz CT molecular complexity index is 20.8. The van der Waals surface area contributed by atoms with E-state index >= 15 is 0 Å². The molecule has 0 fully saturated rings. The molecule has 0 radical (unpaired) electrons. The fourth-order valence-electron chi connectivity index (χ4n) is 0. The molecule has 0 unspecified atom stereocenters. The molecule has 10 nitrogen and oxygen atoms in total. The number of hydrogen-bond donors (Lipinski definition) is 0. The molecule has 0 amide bonds. The molecule has 20 N–H and O–H groups in total. The second-order valence-corrected chi connectivity index (χ2v) is 0. The molecule has 12 heteroatoms. The topological polar surface area (TPSA) is 315 Å². The zero-order chi connectivity index (χ0) is 0. The molecule has 0 aliphatic heterocycles. The summed E-state index contributed by atoms with van der Waals surface area (Å²) in [5.41, 5.74) is 0. The van der Waals surface area contributed by atoms with Crippen LogP contribution < -0.4 is 0 Å². The zero-order valence-corrected chi connectivity index (χ0v) is 9.24. The van der Waals surface area contributed by atoms with Crippen LogP contribution >= 0.6 is 0 Å². The van der Waals surface area contributed by atoms with Crippen LogP contribution in [0.25, 0.3) is 0 Å². The van der Waals surface area contributed by atoms with Gasteiger partial charge in [-0.15, -0.1) is 0 Å². The van der Waals surface area contributed by atoms with Crippen LogP contribution in [-0.2, 0) is 0 Å². The molecule has 0 aliphatic rings. The molecule has 0 aromatic rings. The molecule has 0 aromatic heterocycles. The number of rotatable bonds is 0. The maximum Gasteiger partial charge on any atom is 2.00 e. The molecule has 0 saturated carbocycles. The van der Waals surface area contributed by atoms with Gasteiger partial charge in [0, 0.05) is 0 Å². The Morgan fingerprint density at radius 3 is 0.250 bits per heavy atom. The first-order chi connectivity index (χ1) is 0. The first kappa shape index (κ1) is 1510. The van der Waals surface area contributed by atoms with Gasteiger partial charge in [-0.25, -0.2) is 0 Å². The van der Waals surface area contributed by atoms with E-state index in [1.807, 2.05) is 0 Å². The minimum Gasteiger partial charge on any atom is -1.00 e. The van der Waals surface area contributed by atoms with E-state index in [9.17, 15) is 0 Å². The molecule has 0 atom stereocenters. The van der Waals surface area contributed by atoms with Crippen LogP contribution in [0.4, 0.5) is 0 Å². The summed E-state index contributed by atoms with van der Waals surface area (Å²) in [5, 5.41) is 0. The smallest absolute Gasteiger partial charge is 1.00 e. The maximum absolute atomic E-state index is 0. The van der Waals surface area contributed by atoms with Crippen LogP contribution in [0.5, 0.6) is 0 Å². The molecule has 12 heavy (non-hydrogen) atoms. The average Bonchev–Trinajstić information content (AvgIpc) is 0. The van der Waals surface area contributed by atoms with Crippen molar-refractivity contribution in [2.75, 3.05) is 0 Å². The van der Waals surface area contributed by atoms with Gasteiger partial charge in [0.15, 0.2) is 0 Å². The molecule has 0 aromatic carbocycles. The van der Waals surface area contributed by atoms with Gasteiger partial charge in [-0.2, -0.15) is 0 Å². The first-order valence-electron chi connectivity index (χ1n) is 0. The van der Waals surface area contributed by atoms with E-state index in [1.165, 1.54) is 0 Å². The van der Waals surface area contributed by atoms with Crippen LogP contribution in [0.15, 0.2) is 0 Å². The molecule has 0 aliphatic carbocycles. The van der Waals surface area contributed by atoms with Gasteiger partial charge < -0.3 is 60.5 Å².